The van der Waals surface area contributed by atoms with Gasteiger partial charge in [-0.1, -0.05) is 0 Å². The van der Waals surface area contributed by atoms with Crippen molar-refractivity contribution in [2.75, 3.05) is 11.4 Å². The van der Waals surface area contributed by atoms with E-state index in [1.165, 1.54) is 12.1 Å². The molecule has 0 saturated heterocycles. The third-order valence-corrected chi connectivity index (χ3v) is 4.61. The Bertz CT molecular complexity index is 811. The van der Waals surface area contributed by atoms with E-state index in [2.05, 4.69) is 4.74 Å². The summed E-state index contributed by atoms with van der Waals surface area (Å²) in [7, 11) is 1.06. The number of hydrogen-bond donors (Lipinski definition) is 1. The first-order valence-corrected chi connectivity index (χ1v) is 8.75. The SMILES string of the molecule is COC(=O)c1ccc(C(F)(F)F)cc1N(c1ccc(I)cc1)S(=O)O. The molecule has 0 bridgehead atoms. The molecular formula is C15H11F3INO4S. The van der Waals surface area contributed by atoms with Gasteiger partial charge < -0.3 is 4.74 Å². The fraction of sp³-hybridized carbons (Fsp3) is 0.133. The van der Waals surface area contributed by atoms with E-state index in [0.29, 0.717) is 12.1 Å². The van der Waals surface area contributed by atoms with E-state index in [4.69, 9.17) is 0 Å². The number of anilines is 2. The van der Waals surface area contributed by atoms with Gasteiger partial charge >= 0.3 is 12.1 Å². The fourth-order valence-electron chi connectivity index (χ4n) is 2.05. The lowest BCUT2D eigenvalue weighted by atomic mass is 10.1. The van der Waals surface area contributed by atoms with Crippen LogP contribution in [0.4, 0.5) is 24.5 Å². The molecule has 0 spiro atoms. The number of benzene rings is 2. The Balaban J connectivity index is 2.71. The van der Waals surface area contributed by atoms with Crippen LogP contribution >= 0.6 is 22.6 Å². The first-order valence-electron chi connectivity index (χ1n) is 6.61. The molecule has 0 radical (unpaired) electrons. The fourth-order valence-corrected chi connectivity index (χ4v) is 3.03. The Morgan fingerprint density at radius 1 is 1.20 bits per heavy atom. The maximum Gasteiger partial charge on any atom is 0.416 e. The number of esters is 1. The van der Waals surface area contributed by atoms with Gasteiger partial charge in [0, 0.05) is 3.57 Å². The monoisotopic (exact) mass is 485 g/mol. The predicted molar refractivity (Wildman–Crippen MR) is 94.9 cm³/mol. The van der Waals surface area contributed by atoms with Gasteiger partial charge in [-0.2, -0.15) is 13.2 Å². The molecule has 5 nitrogen and oxygen atoms in total. The topological polar surface area (TPSA) is 66.8 Å². The van der Waals surface area contributed by atoms with Gasteiger partial charge in [-0.25, -0.2) is 13.3 Å². The number of halogens is 4. The molecule has 10 heteroatoms. The van der Waals surface area contributed by atoms with Crippen molar-refractivity contribution in [3.05, 3.63) is 57.2 Å². The van der Waals surface area contributed by atoms with Crippen LogP contribution in [-0.2, 0) is 22.2 Å². The number of alkyl halides is 3. The molecule has 0 heterocycles. The molecule has 0 saturated carbocycles. The lowest BCUT2D eigenvalue weighted by molar-refractivity contribution is -0.137. The molecule has 1 atom stereocenters. The number of carbonyl (C=O) groups is 1. The molecule has 0 aliphatic rings. The largest absolute Gasteiger partial charge is 0.465 e. The van der Waals surface area contributed by atoms with Crippen LogP contribution in [0.25, 0.3) is 0 Å². The summed E-state index contributed by atoms with van der Waals surface area (Å²) in [5.41, 5.74) is -1.57. The molecule has 2 aromatic rings. The number of rotatable bonds is 4. The van der Waals surface area contributed by atoms with Gasteiger partial charge in [-0.05, 0) is 65.1 Å². The van der Waals surface area contributed by atoms with Gasteiger partial charge in [-0.3, -0.25) is 4.55 Å². The molecule has 0 aliphatic heterocycles. The van der Waals surface area contributed by atoms with E-state index >= 15 is 0 Å². The molecule has 2 rings (SSSR count). The third kappa shape index (κ3) is 4.50. The van der Waals surface area contributed by atoms with Crippen LogP contribution in [0.3, 0.4) is 0 Å². The van der Waals surface area contributed by atoms with E-state index in [0.717, 1.165) is 21.1 Å². The molecule has 2 aromatic carbocycles. The highest BCUT2D eigenvalue weighted by molar-refractivity contribution is 14.1. The summed E-state index contributed by atoms with van der Waals surface area (Å²) in [5, 5.41) is 0. The summed E-state index contributed by atoms with van der Waals surface area (Å²) < 4.78 is 66.6. The minimum atomic E-state index is -4.68. The Labute approximate surface area is 157 Å². The molecule has 134 valence electrons. The van der Waals surface area contributed by atoms with Gasteiger partial charge in [0.1, 0.15) is 0 Å². The number of ether oxygens (including phenoxy) is 1. The highest BCUT2D eigenvalue weighted by atomic mass is 127. The number of nitrogens with zero attached hydrogens (tertiary/aromatic N) is 1. The van der Waals surface area contributed by atoms with Crippen LogP contribution < -0.4 is 4.31 Å². The van der Waals surface area contributed by atoms with E-state index in [9.17, 15) is 26.7 Å². The second-order valence-corrected chi connectivity index (χ2v) is 6.80. The molecule has 0 aromatic heterocycles. The zero-order chi connectivity index (χ0) is 18.8. The van der Waals surface area contributed by atoms with Gasteiger partial charge in [0.05, 0.1) is 29.6 Å². The molecule has 0 aliphatic carbocycles. The van der Waals surface area contributed by atoms with Crippen molar-refractivity contribution < 1.29 is 31.5 Å². The summed E-state index contributed by atoms with van der Waals surface area (Å²) in [5.74, 6) is -0.926. The highest BCUT2D eigenvalue weighted by Crippen LogP contribution is 2.37. The zero-order valence-corrected chi connectivity index (χ0v) is 15.6. The molecule has 0 fully saturated rings. The minimum absolute atomic E-state index is 0.144. The number of hydrogen-bond acceptors (Lipinski definition) is 3. The number of carbonyl (C=O) groups excluding carboxylic acids is 1. The van der Waals surface area contributed by atoms with Crippen molar-refractivity contribution in [1.29, 1.82) is 0 Å². The van der Waals surface area contributed by atoms with Crippen molar-refractivity contribution in [3.8, 4) is 0 Å². The minimum Gasteiger partial charge on any atom is -0.465 e. The Kier molecular flexibility index (Phi) is 6.06. The number of methoxy groups -OCH3 is 1. The highest BCUT2D eigenvalue weighted by Gasteiger charge is 2.33. The smallest absolute Gasteiger partial charge is 0.416 e. The average Bonchev–Trinajstić information content (AvgIpc) is 2.55. The third-order valence-electron chi connectivity index (χ3n) is 3.17. The van der Waals surface area contributed by atoms with E-state index in [1.54, 1.807) is 12.1 Å². The molecule has 0 amide bonds. The van der Waals surface area contributed by atoms with E-state index in [-0.39, 0.29) is 16.9 Å². The van der Waals surface area contributed by atoms with Crippen LogP contribution in [0.1, 0.15) is 15.9 Å². The van der Waals surface area contributed by atoms with Gasteiger partial charge in [-0.15, -0.1) is 0 Å². The molecule has 1 unspecified atom stereocenters. The molecule has 1 N–H and O–H groups in total. The quantitative estimate of drug-likeness (QED) is 0.397. The van der Waals surface area contributed by atoms with Crippen LogP contribution in [0.5, 0.6) is 0 Å². The zero-order valence-electron chi connectivity index (χ0n) is 12.6. The summed E-state index contributed by atoms with van der Waals surface area (Å²) in [6.45, 7) is 0. The molecule has 25 heavy (non-hydrogen) atoms. The lowest BCUT2D eigenvalue weighted by Crippen LogP contribution is -2.23. The maximum atomic E-state index is 13.0. The summed E-state index contributed by atoms with van der Waals surface area (Å²) in [6, 6.07) is 8.40. The summed E-state index contributed by atoms with van der Waals surface area (Å²) >= 11 is -0.709. The Morgan fingerprint density at radius 2 is 1.80 bits per heavy atom. The maximum absolute atomic E-state index is 13.0. The van der Waals surface area contributed by atoms with Crippen molar-refractivity contribution in [2.45, 2.75) is 6.18 Å². The van der Waals surface area contributed by atoms with Crippen LogP contribution in [0.15, 0.2) is 42.5 Å². The van der Waals surface area contributed by atoms with Crippen molar-refractivity contribution in [1.82, 2.24) is 0 Å². The standard InChI is InChI=1S/C15H11F3INO4S/c1-24-14(21)12-7-2-9(15(16,17)18)8-13(12)20(25(22)23)11-5-3-10(19)4-6-11/h2-8H,1H3,(H,22,23). The summed E-state index contributed by atoms with van der Waals surface area (Å²) in [6.07, 6.45) is -4.68. The second kappa shape index (κ2) is 7.70. The lowest BCUT2D eigenvalue weighted by Gasteiger charge is -2.23. The summed E-state index contributed by atoms with van der Waals surface area (Å²) in [4.78, 5) is 11.9. The van der Waals surface area contributed by atoms with E-state index in [1.807, 2.05) is 22.6 Å². The average molecular weight is 485 g/mol. The van der Waals surface area contributed by atoms with Crippen molar-refractivity contribution >= 4 is 51.2 Å². The van der Waals surface area contributed by atoms with Gasteiger partial charge in [0.15, 0.2) is 0 Å². The Hall–Kier alpha value is -1.66. The van der Waals surface area contributed by atoms with Crippen molar-refractivity contribution in [3.63, 3.8) is 0 Å². The van der Waals surface area contributed by atoms with Gasteiger partial charge in [0.2, 0.25) is 0 Å². The van der Waals surface area contributed by atoms with Gasteiger partial charge in [0.25, 0.3) is 11.3 Å². The predicted octanol–water partition coefficient (Wildman–Crippen LogP) is 4.37. The van der Waals surface area contributed by atoms with E-state index < -0.39 is 29.0 Å². The molecular weight excluding hydrogens is 474 g/mol. The first-order chi connectivity index (χ1) is 11.6. The van der Waals surface area contributed by atoms with Crippen LogP contribution in [0.2, 0.25) is 0 Å². The van der Waals surface area contributed by atoms with Crippen LogP contribution in [-0.4, -0.2) is 21.8 Å². The van der Waals surface area contributed by atoms with Crippen molar-refractivity contribution in [2.24, 2.45) is 0 Å². The van der Waals surface area contributed by atoms with Crippen LogP contribution in [0, 0.1) is 3.57 Å². The second-order valence-electron chi connectivity index (χ2n) is 4.72. The Morgan fingerprint density at radius 3 is 2.28 bits per heavy atom. The normalized spacial score (nSPS) is 12.6. The first kappa shape index (κ1) is 19.7.